The molecule has 1 amide bonds. The molecule has 2 N–H and O–H groups in total. The normalized spacial score (nSPS) is 11.2. The van der Waals surface area contributed by atoms with Gasteiger partial charge in [-0.05, 0) is 38.8 Å². The highest BCUT2D eigenvalue weighted by molar-refractivity contribution is 5.86. The molecular formula is C16H22N4O4. The lowest BCUT2D eigenvalue weighted by Crippen LogP contribution is -2.41. The predicted molar refractivity (Wildman–Crippen MR) is 89.0 cm³/mol. The van der Waals surface area contributed by atoms with Gasteiger partial charge in [0.15, 0.2) is 5.65 Å². The zero-order valence-corrected chi connectivity index (χ0v) is 14.5. The summed E-state index contributed by atoms with van der Waals surface area (Å²) in [7, 11) is 1.70. The van der Waals surface area contributed by atoms with Crippen molar-refractivity contribution in [3.8, 4) is 0 Å². The van der Waals surface area contributed by atoms with Crippen LogP contribution in [0.25, 0.3) is 11.0 Å². The van der Waals surface area contributed by atoms with Gasteiger partial charge in [0.1, 0.15) is 6.54 Å². The third-order valence-electron chi connectivity index (χ3n) is 4.15. The lowest BCUT2D eigenvalue weighted by molar-refractivity contribution is -0.145. The van der Waals surface area contributed by atoms with Gasteiger partial charge in [0.25, 0.3) is 5.56 Å². The topological polar surface area (TPSA) is 108 Å². The number of fused-ring (bicyclic) bond motifs is 1. The molecule has 0 unspecified atom stereocenters. The van der Waals surface area contributed by atoms with Crippen LogP contribution in [-0.2, 0) is 23.1 Å². The summed E-state index contributed by atoms with van der Waals surface area (Å²) >= 11 is 0. The molecule has 2 rings (SSSR count). The zero-order chi connectivity index (χ0) is 18.2. The van der Waals surface area contributed by atoms with E-state index >= 15 is 0 Å². The van der Waals surface area contributed by atoms with Crippen molar-refractivity contribution >= 4 is 22.9 Å². The summed E-state index contributed by atoms with van der Waals surface area (Å²) < 4.78 is 1.55. The largest absolute Gasteiger partial charge is 0.480 e. The number of hydrogen-bond acceptors (Lipinski definition) is 4. The highest BCUT2D eigenvalue weighted by Crippen LogP contribution is 2.21. The van der Waals surface area contributed by atoms with Crippen LogP contribution in [0.15, 0.2) is 4.79 Å². The molecular weight excluding hydrogens is 312 g/mol. The van der Waals surface area contributed by atoms with Crippen LogP contribution in [0.4, 0.5) is 0 Å². The summed E-state index contributed by atoms with van der Waals surface area (Å²) in [6, 6.07) is -0.231. The second-order valence-corrected chi connectivity index (χ2v) is 6.19. The quantitative estimate of drug-likeness (QED) is 0.838. The fourth-order valence-corrected chi connectivity index (χ4v) is 2.87. The van der Waals surface area contributed by atoms with Gasteiger partial charge in [-0.25, -0.2) is 4.98 Å². The minimum absolute atomic E-state index is 0.0143. The SMILES string of the molecule is Cc1nc2c(c(C)c1CC(=O)N(CC(=O)O)C(C)C)c(=O)[nH]n2C. The zero-order valence-electron chi connectivity index (χ0n) is 14.5. The molecule has 0 aliphatic heterocycles. The average molecular weight is 334 g/mol. The molecule has 0 aliphatic rings. The van der Waals surface area contributed by atoms with Gasteiger partial charge in [-0.15, -0.1) is 0 Å². The minimum atomic E-state index is -1.06. The number of carbonyl (C=O) groups is 2. The molecule has 0 aliphatic carbocycles. The van der Waals surface area contributed by atoms with Crippen LogP contribution in [0.5, 0.6) is 0 Å². The number of carbonyl (C=O) groups excluding carboxylic acids is 1. The van der Waals surface area contributed by atoms with E-state index in [0.29, 0.717) is 27.9 Å². The number of aryl methyl sites for hydroxylation is 3. The Morgan fingerprint density at radius 3 is 2.50 bits per heavy atom. The van der Waals surface area contributed by atoms with Crippen LogP contribution >= 0.6 is 0 Å². The molecule has 0 atom stereocenters. The molecule has 2 aromatic rings. The maximum atomic E-state index is 12.6. The fraction of sp³-hybridized carbons (Fsp3) is 0.500. The van der Waals surface area contributed by atoms with Crippen molar-refractivity contribution in [1.82, 2.24) is 19.7 Å². The molecule has 24 heavy (non-hydrogen) atoms. The Labute approximate surface area is 139 Å². The van der Waals surface area contributed by atoms with Crippen LogP contribution in [-0.4, -0.2) is 49.2 Å². The third kappa shape index (κ3) is 3.17. The molecule has 0 saturated heterocycles. The molecule has 2 aromatic heterocycles. The Morgan fingerprint density at radius 2 is 1.96 bits per heavy atom. The number of amides is 1. The van der Waals surface area contributed by atoms with E-state index in [9.17, 15) is 14.4 Å². The summed E-state index contributed by atoms with van der Waals surface area (Å²) in [6.45, 7) is 6.75. The first-order valence-electron chi connectivity index (χ1n) is 7.69. The van der Waals surface area contributed by atoms with Crippen LogP contribution in [0, 0.1) is 13.8 Å². The van der Waals surface area contributed by atoms with Crippen molar-refractivity contribution in [1.29, 1.82) is 0 Å². The van der Waals surface area contributed by atoms with Gasteiger partial charge < -0.3 is 10.0 Å². The van der Waals surface area contributed by atoms with Gasteiger partial charge in [0, 0.05) is 18.8 Å². The van der Waals surface area contributed by atoms with Crippen molar-refractivity contribution in [2.75, 3.05) is 6.54 Å². The summed E-state index contributed by atoms with van der Waals surface area (Å²) in [5.74, 6) is -1.36. The first-order valence-corrected chi connectivity index (χ1v) is 7.69. The Balaban J connectivity index is 2.45. The number of H-pyrrole nitrogens is 1. The van der Waals surface area contributed by atoms with Gasteiger partial charge in [-0.3, -0.25) is 24.2 Å². The van der Waals surface area contributed by atoms with Crippen LogP contribution in [0.2, 0.25) is 0 Å². The van der Waals surface area contributed by atoms with Crippen LogP contribution in [0.1, 0.15) is 30.7 Å². The Kier molecular flexibility index (Phi) is 4.77. The standard InChI is InChI=1S/C16H22N4O4/c1-8(2)20(7-13(22)23)12(21)6-11-9(3)14-15(17-10(11)4)19(5)18-16(14)24/h8H,6-7H2,1-5H3,(H,18,24)(H,22,23). The second-order valence-electron chi connectivity index (χ2n) is 6.19. The smallest absolute Gasteiger partial charge is 0.323 e. The number of carboxylic acid groups (broad SMARTS) is 1. The first kappa shape index (κ1) is 17.7. The molecule has 0 bridgehead atoms. The van der Waals surface area contributed by atoms with Gasteiger partial charge >= 0.3 is 5.97 Å². The van der Waals surface area contributed by atoms with Gasteiger partial charge in [-0.2, -0.15) is 0 Å². The molecule has 0 spiro atoms. The van der Waals surface area contributed by atoms with Crippen LogP contribution in [0.3, 0.4) is 0 Å². The first-order chi connectivity index (χ1) is 11.1. The van der Waals surface area contributed by atoms with Crippen LogP contribution < -0.4 is 5.56 Å². The number of hydrogen-bond donors (Lipinski definition) is 2. The van der Waals surface area contributed by atoms with E-state index < -0.39 is 5.97 Å². The summed E-state index contributed by atoms with van der Waals surface area (Å²) in [5, 5.41) is 12.1. The van der Waals surface area contributed by atoms with Crippen molar-refractivity contribution in [3.05, 3.63) is 27.2 Å². The van der Waals surface area contributed by atoms with E-state index in [0.717, 1.165) is 0 Å². The number of nitrogens with zero attached hydrogens (tertiary/aromatic N) is 3. The van der Waals surface area contributed by atoms with Gasteiger partial charge in [0.05, 0.1) is 11.8 Å². The number of aromatic amines is 1. The van der Waals surface area contributed by atoms with E-state index in [4.69, 9.17) is 5.11 Å². The van der Waals surface area contributed by atoms with Crippen molar-refractivity contribution in [3.63, 3.8) is 0 Å². The molecule has 0 radical (unpaired) electrons. The predicted octanol–water partition coefficient (Wildman–Crippen LogP) is 0.743. The Bertz CT molecular complexity index is 863. The van der Waals surface area contributed by atoms with E-state index in [2.05, 4.69) is 10.1 Å². The number of rotatable bonds is 5. The molecule has 0 saturated carbocycles. The fourth-order valence-electron chi connectivity index (χ4n) is 2.87. The lowest BCUT2D eigenvalue weighted by Gasteiger charge is -2.25. The average Bonchev–Trinajstić information content (AvgIpc) is 2.74. The van der Waals surface area contributed by atoms with Crippen molar-refractivity contribution < 1.29 is 14.7 Å². The lowest BCUT2D eigenvalue weighted by atomic mass is 10.0. The number of aromatic nitrogens is 3. The maximum absolute atomic E-state index is 12.6. The summed E-state index contributed by atoms with van der Waals surface area (Å²) in [6.07, 6.45) is 0.0143. The molecule has 130 valence electrons. The highest BCUT2D eigenvalue weighted by Gasteiger charge is 2.23. The minimum Gasteiger partial charge on any atom is -0.480 e. The van der Waals surface area contributed by atoms with E-state index in [-0.39, 0.29) is 30.5 Å². The number of carboxylic acids is 1. The van der Waals surface area contributed by atoms with E-state index in [1.54, 1.807) is 39.4 Å². The molecule has 2 heterocycles. The van der Waals surface area contributed by atoms with E-state index in [1.165, 1.54) is 4.90 Å². The maximum Gasteiger partial charge on any atom is 0.323 e. The summed E-state index contributed by atoms with van der Waals surface area (Å²) in [5.41, 5.74) is 2.31. The molecule has 8 nitrogen and oxygen atoms in total. The second kappa shape index (κ2) is 6.46. The Morgan fingerprint density at radius 1 is 1.33 bits per heavy atom. The summed E-state index contributed by atoms with van der Waals surface area (Å²) in [4.78, 5) is 41.3. The Hall–Kier alpha value is -2.64. The number of aliphatic carboxylic acids is 1. The van der Waals surface area contributed by atoms with Crippen molar-refractivity contribution in [2.45, 2.75) is 40.2 Å². The highest BCUT2D eigenvalue weighted by atomic mass is 16.4. The molecule has 8 heteroatoms. The monoisotopic (exact) mass is 334 g/mol. The molecule has 0 aromatic carbocycles. The van der Waals surface area contributed by atoms with Gasteiger partial charge in [0.2, 0.25) is 5.91 Å². The molecule has 0 fully saturated rings. The van der Waals surface area contributed by atoms with Crippen molar-refractivity contribution in [2.24, 2.45) is 7.05 Å². The third-order valence-corrected chi connectivity index (χ3v) is 4.15. The van der Waals surface area contributed by atoms with E-state index in [1.807, 2.05) is 0 Å². The number of nitrogens with one attached hydrogen (secondary N) is 1. The number of pyridine rings is 1. The van der Waals surface area contributed by atoms with Gasteiger partial charge in [-0.1, -0.05) is 0 Å².